The van der Waals surface area contributed by atoms with Gasteiger partial charge >= 0.3 is 11.9 Å². The van der Waals surface area contributed by atoms with Gasteiger partial charge in [0.15, 0.2) is 0 Å². The maximum absolute atomic E-state index is 11.1. The topological polar surface area (TPSA) is 72.8 Å². The lowest BCUT2D eigenvalue weighted by molar-refractivity contribution is -0.151. The number of carbonyl (C=O) groups is 2. The largest absolute Gasteiger partial charge is 0.457 e. The molecule has 0 aromatic rings. The van der Waals surface area contributed by atoms with E-state index in [1.807, 2.05) is 0 Å². The van der Waals surface area contributed by atoms with Crippen molar-refractivity contribution in [1.82, 2.24) is 0 Å². The van der Waals surface area contributed by atoms with Crippen LogP contribution < -0.4 is 0 Å². The fraction of sp³-hybridized carbons (Fsp3) is 0.400. The Morgan fingerprint density at radius 1 is 1.53 bits per heavy atom. The Bertz CT molecular complexity index is 269. The van der Waals surface area contributed by atoms with Gasteiger partial charge in [-0.15, -0.1) is 0 Å². The van der Waals surface area contributed by atoms with E-state index in [-0.39, 0.29) is 6.61 Å². The number of carbonyl (C=O) groups excluding carboxylic acids is 2. The summed E-state index contributed by atoms with van der Waals surface area (Å²) in [7, 11) is 0. The Morgan fingerprint density at radius 3 is 2.60 bits per heavy atom. The van der Waals surface area contributed by atoms with E-state index in [0.717, 1.165) is 6.08 Å². The monoisotopic (exact) mass is 214 g/mol. The van der Waals surface area contributed by atoms with E-state index < -0.39 is 23.8 Å². The van der Waals surface area contributed by atoms with Crippen molar-refractivity contribution in [2.75, 3.05) is 6.61 Å². The van der Waals surface area contributed by atoms with Crippen LogP contribution in [0.3, 0.4) is 0 Å². The average Bonchev–Trinajstić information content (AvgIpc) is 2.24. The van der Waals surface area contributed by atoms with Gasteiger partial charge in [0.05, 0.1) is 6.10 Å². The minimum absolute atomic E-state index is 0.153. The lowest BCUT2D eigenvalue weighted by Crippen LogP contribution is -2.20. The second-order valence-corrected chi connectivity index (χ2v) is 2.71. The third-order valence-corrected chi connectivity index (χ3v) is 1.50. The first-order valence-electron chi connectivity index (χ1n) is 4.39. The zero-order valence-corrected chi connectivity index (χ0v) is 8.56. The molecule has 0 rings (SSSR count). The van der Waals surface area contributed by atoms with Crippen LogP contribution in [0.1, 0.15) is 13.3 Å². The fourth-order valence-electron chi connectivity index (χ4n) is 0.575. The first-order valence-corrected chi connectivity index (χ1v) is 4.39. The van der Waals surface area contributed by atoms with Crippen molar-refractivity contribution in [2.24, 2.45) is 0 Å². The molecule has 84 valence electrons. The molecule has 0 aliphatic rings. The number of aliphatic hydroxyl groups is 1. The summed E-state index contributed by atoms with van der Waals surface area (Å²) in [6.45, 7) is 7.94. The van der Waals surface area contributed by atoms with E-state index in [1.54, 1.807) is 6.92 Å². The molecule has 0 aromatic carbocycles. The number of aliphatic hydroxyl groups excluding tert-OH is 1. The number of rotatable bonds is 6. The van der Waals surface area contributed by atoms with Crippen molar-refractivity contribution in [3.63, 3.8) is 0 Å². The van der Waals surface area contributed by atoms with Gasteiger partial charge in [-0.25, -0.2) is 9.59 Å². The molecule has 0 aromatic heterocycles. The summed E-state index contributed by atoms with van der Waals surface area (Å²) in [5.41, 5.74) is 0. The van der Waals surface area contributed by atoms with Crippen LogP contribution in [-0.2, 0) is 19.1 Å². The molecular weight excluding hydrogens is 200 g/mol. The van der Waals surface area contributed by atoms with Crippen molar-refractivity contribution in [3.8, 4) is 0 Å². The van der Waals surface area contributed by atoms with Gasteiger partial charge in [0.2, 0.25) is 5.76 Å². The van der Waals surface area contributed by atoms with E-state index >= 15 is 0 Å². The van der Waals surface area contributed by atoms with Crippen LogP contribution in [0.5, 0.6) is 0 Å². The summed E-state index contributed by atoms with van der Waals surface area (Å²) in [6.07, 6.45) is 0.641. The predicted molar refractivity (Wildman–Crippen MR) is 52.7 cm³/mol. The van der Waals surface area contributed by atoms with Crippen LogP contribution >= 0.6 is 0 Å². The van der Waals surface area contributed by atoms with Crippen LogP contribution in [0.2, 0.25) is 0 Å². The standard InChI is InChI=1S/C10H14O5/c1-4-8(11)6-14-10(13)7(3)15-9(12)5-2/h5,8,11H,2-4,6H2,1H3. The number of hydrogen-bond donors (Lipinski definition) is 1. The summed E-state index contributed by atoms with van der Waals surface area (Å²) in [4.78, 5) is 21.7. The van der Waals surface area contributed by atoms with Gasteiger partial charge in [-0.05, 0) is 13.0 Å². The van der Waals surface area contributed by atoms with Crippen LogP contribution in [-0.4, -0.2) is 29.8 Å². The Morgan fingerprint density at radius 2 is 2.13 bits per heavy atom. The Labute approximate surface area is 88.0 Å². The van der Waals surface area contributed by atoms with Gasteiger partial charge in [0, 0.05) is 6.08 Å². The molecule has 0 saturated heterocycles. The molecule has 1 atom stereocenters. The van der Waals surface area contributed by atoms with Crippen LogP contribution in [0.25, 0.3) is 0 Å². The van der Waals surface area contributed by atoms with Crippen molar-refractivity contribution in [3.05, 3.63) is 25.0 Å². The summed E-state index contributed by atoms with van der Waals surface area (Å²) in [5.74, 6) is -2.09. The third-order valence-electron chi connectivity index (χ3n) is 1.50. The number of ether oxygens (including phenoxy) is 2. The van der Waals surface area contributed by atoms with Gasteiger partial charge in [0.1, 0.15) is 6.61 Å². The smallest absolute Gasteiger partial charge is 0.373 e. The Kier molecular flexibility index (Phi) is 6.05. The second kappa shape index (κ2) is 6.78. The van der Waals surface area contributed by atoms with E-state index in [4.69, 9.17) is 5.11 Å². The number of esters is 2. The molecule has 0 aliphatic heterocycles. The zero-order valence-electron chi connectivity index (χ0n) is 8.56. The second-order valence-electron chi connectivity index (χ2n) is 2.71. The van der Waals surface area contributed by atoms with Crippen molar-refractivity contribution in [1.29, 1.82) is 0 Å². The summed E-state index contributed by atoms with van der Waals surface area (Å²) in [5, 5.41) is 9.09. The van der Waals surface area contributed by atoms with E-state index in [2.05, 4.69) is 22.6 Å². The van der Waals surface area contributed by atoms with Crippen LogP contribution in [0.15, 0.2) is 25.0 Å². The van der Waals surface area contributed by atoms with Crippen molar-refractivity contribution in [2.45, 2.75) is 19.4 Å². The average molecular weight is 214 g/mol. The molecule has 0 bridgehead atoms. The van der Waals surface area contributed by atoms with Gasteiger partial charge in [0.25, 0.3) is 0 Å². The predicted octanol–water partition coefficient (Wildman–Crippen LogP) is 0.543. The minimum atomic E-state index is -0.877. The summed E-state index contributed by atoms with van der Waals surface area (Å²) in [6, 6.07) is 0. The normalized spacial score (nSPS) is 11.3. The molecule has 0 radical (unpaired) electrons. The molecule has 5 heteroatoms. The lowest BCUT2D eigenvalue weighted by atomic mass is 10.3. The molecular formula is C10H14O5. The molecule has 0 heterocycles. The Hall–Kier alpha value is -1.62. The zero-order chi connectivity index (χ0) is 11.8. The van der Waals surface area contributed by atoms with Crippen molar-refractivity contribution >= 4 is 11.9 Å². The molecule has 5 nitrogen and oxygen atoms in total. The molecule has 0 aliphatic carbocycles. The van der Waals surface area contributed by atoms with Gasteiger partial charge < -0.3 is 14.6 Å². The SMILES string of the molecule is C=CC(=O)OC(=C)C(=O)OCC(O)CC. The lowest BCUT2D eigenvalue weighted by Gasteiger charge is -2.09. The van der Waals surface area contributed by atoms with E-state index in [0.29, 0.717) is 6.42 Å². The molecule has 0 spiro atoms. The first kappa shape index (κ1) is 13.4. The quantitative estimate of drug-likeness (QED) is 0.397. The number of hydrogen-bond acceptors (Lipinski definition) is 5. The maximum atomic E-state index is 11.1. The molecule has 0 amide bonds. The highest BCUT2D eigenvalue weighted by molar-refractivity contribution is 5.91. The third kappa shape index (κ3) is 5.64. The molecule has 0 fully saturated rings. The van der Waals surface area contributed by atoms with Gasteiger partial charge in [-0.3, -0.25) is 0 Å². The highest BCUT2D eigenvalue weighted by Gasteiger charge is 2.14. The van der Waals surface area contributed by atoms with Gasteiger partial charge in [-0.2, -0.15) is 0 Å². The molecule has 1 unspecified atom stereocenters. The molecule has 1 N–H and O–H groups in total. The highest BCUT2D eigenvalue weighted by atomic mass is 16.6. The summed E-state index contributed by atoms with van der Waals surface area (Å²) < 4.78 is 9.02. The summed E-state index contributed by atoms with van der Waals surface area (Å²) >= 11 is 0. The molecule has 0 saturated carbocycles. The fourth-order valence-corrected chi connectivity index (χ4v) is 0.575. The van der Waals surface area contributed by atoms with Gasteiger partial charge in [-0.1, -0.05) is 13.5 Å². The van der Waals surface area contributed by atoms with Crippen LogP contribution in [0, 0.1) is 0 Å². The highest BCUT2D eigenvalue weighted by Crippen LogP contribution is 2.00. The Balaban J connectivity index is 3.95. The van der Waals surface area contributed by atoms with Crippen LogP contribution in [0.4, 0.5) is 0 Å². The van der Waals surface area contributed by atoms with E-state index in [1.165, 1.54) is 0 Å². The molecule has 15 heavy (non-hydrogen) atoms. The first-order chi connectivity index (χ1) is 7.01. The van der Waals surface area contributed by atoms with Crippen molar-refractivity contribution < 1.29 is 24.2 Å². The minimum Gasteiger partial charge on any atom is -0.457 e. The van der Waals surface area contributed by atoms with E-state index in [9.17, 15) is 9.59 Å². The maximum Gasteiger partial charge on any atom is 0.373 e.